The first-order valence-corrected chi connectivity index (χ1v) is 6.02. The summed E-state index contributed by atoms with van der Waals surface area (Å²) in [6.07, 6.45) is -0.0232. The molecule has 1 unspecified atom stereocenters. The van der Waals surface area contributed by atoms with Gasteiger partial charge in [-0.1, -0.05) is 6.92 Å². The number of carboxylic acid groups (broad SMARTS) is 1. The van der Waals surface area contributed by atoms with Gasteiger partial charge in [0.15, 0.2) is 11.6 Å². The largest absolute Gasteiger partial charge is 0.494 e. The highest BCUT2D eigenvalue weighted by Gasteiger charge is 2.10. The lowest BCUT2D eigenvalue weighted by Crippen LogP contribution is -2.33. The third-order valence-corrected chi connectivity index (χ3v) is 2.54. The van der Waals surface area contributed by atoms with E-state index in [1.165, 1.54) is 25.3 Å². The maximum Gasteiger partial charge on any atom is 0.319 e. The zero-order valence-corrected chi connectivity index (χ0v) is 11.3. The van der Waals surface area contributed by atoms with E-state index in [1.54, 1.807) is 6.92 Å². The first-order chi connectivity index (χ1) is 9.42. The van der Waals surface area contributed by atoms with Gasteiger partial charge in [-0.3, -0.25) is 4.79 Å². The van der Waals surface area contributed by atoms with E-state index in [0.29, 0.717) is 5.69 Å². The van der Waals surface area contributed by atoms with Crippen LogP contribution in [0, 0.1) is 11.7 Å². The molecule has 0 aliphatic heterocycles. The number of amides is 2. The third-order valence-electron chi connectivity index (χ3n) is 2.54. The van der Waals surface area contributed by atoms with Gasteiger partial charge in [-0.05, 0) is 18.1 Å². The van der Waals surface area contributed by atoms with Gasteiger partial charge in [0.25, 0.3) is 0 Å². The average molecular weight is 284 g/mol. The number of anilines is 1. The summed E-state index contributed by atoms with van der Waals surface area (Å²) < 4.78 is 18.0. The third kappa shape index (κ3) is 5.13. The van der Waals surface area contributed by atoms with Crippen molar-refractivity contribution in [2.45, 2.75) is 13.3 Å². The lowest BCUT2D eigenvalue weighted by atomic mass is 10.1. The molecule has 0 aromatic heterocycles. The maximum atomic E-state index is 13.2. The van der Waals surface area contributed by atoms with Gasteiger partial charge in [0.1, 0.15) is 0 Å². The Hall–Kier alpha value is -2.31. The van der Waals surface area contributed by atoms with Gasteiger partial charge in [-0.25, -0.2) is 9.18 Å². The molecule has 1 atom stereocenters. The molecular formula is C13H17FN2O4. The number of carbonyl (C=O) groups excluding carboxylic acids is 1. The number of hydrogen-bond donors (Lipinski definition) is 3. The lowest BCUT2D eigenvalue weighted by molar-refractivity contribution is -0.137. The van der Waals surface area contributed by atoms with Gasteiger partial charge >= 0.3 is 12.0 Å². The number of urea groups is 1. The second kappa shape index (κ2) is 7.32. The fourth-order valence-electron chi connectivity index (χ4n) is 1.55. The fourth-order valence-corrected chi connectivity index (χ4v) is 1.55. The maximum absolute atomic E-state index is 13.2. The molecule has 0 radical (unpaired) electrons. The molecule has 1 aromatic carbocycles. The van der Waals surface area contributed by atoms with Crippen LogP contribution in [0.25, 0.3) is 0 Å². The van der Waals surface area contributed by atoms with E-state index < -0.39 is 17.8 Å². The Kier molecular flexibility index (Phi) is 5.76. The summed E-state index contributed by atoms with van der Waals surface area (Å²) in [6, 6.07) is 3.45. The molecular weight excluding hydrogens is 267 g/mol. The Morgan fingerprint density at radius 3 is 2.75 bits per heavy atom. The summed E-state index contributed by atoms with van der Waals surface area (Å²) in [6.45, 7) is 1.95. The molecule has 110 valence electrons. The van der Waals surface area contributed by atoms with Gasteiger partial charge < -0.3 is 20.5 Å². The van der Waals surface area contributed by atoms with Crippen LogP contribution < -0.4 is 15.4 Å². The second-order valence-electron chi connectivity index (χ2n) is 4.39. The number of carbonyl (C=O) groups is 2. The summed E-state index contributed by atoms with van der Waals surface area (Å²) in [7, 11) is 1.33. The number of carboxylic acids is 1. The standard InChI is InChI=1S/C13H17FN2O4/c1-8(5-12(17)18)7-15-13(19)16-9-3-4-10(14)11(6-9)20-2/h3-4,6,8H,5,7H2,1-2H3,(H,17,18)(H2,15,16,19). The van der Waals surface area contributed by atoms with E-state index >= 15 is 0 Å². The highest BCUT2D eigenvalue weighted by Crippen LogP contribution is 2.21. The lowest BCUT2D eigenvalue weighted by Gasteiger charge is -2.12. The molecule has 20 heavy (non-hydrogen) atoms. The Labute approximate surface area is 115 Å². The van der Waals surface area contributed by atoms with E-state index in [1.807, 2.05) is 0 Å². The molecule has 7 heteroatoms. The van der Waals surface area contributed by atoms with Crippen LogP contribution in [-0.2, 0) is 4.79 Å². The minimum absolute atomic E-state index is 0.0232. The quantitative estimate of drug-likeness (QED) is 0.746. The minimum Gasteiger partial charge on any atom is -0.494 e. The minimum atomic E-state index is -0.914. The monoisotopic (exact) mass is 284 g/mol. The van der Waals surface area contributed by atoms with Crippen LogP contribution >= 0.6 is 0 Å². The van der Waals surface area contributed by atoms with Gasteiger partial charge in [-0.15, -0.1) is 0 Å². The molecule has 6 nitrogen and oxygen atoms in total. The summed E-state index contributed by atoms with van der Waals surface area (Å²) in [5.41, 5.74) is 0.381. The predicted molar refractivity (Wildman–Crippen MR) is 71.4 cm³/mol. The van der Waals surface area contributed by atoms with E-state index in [2.05, 4.69) is 10.6 Å². The van der Waals surface area contributed by atoms with Crippen molar-refractivity contribution in [2.75, 3.05) is 19.0 Å². The molecule has 0 heterocycles. The number of nitrogens with one attached hydrogen (secondary N) is 2. The number of methoxy groups -OCH3 is 1. The van der Waals surface area contributed by atoms with Crippen molar-refractivity contribution in [1.82, 2.24) is 5.32 Å². The second-order valence-corrected chi connectivity index (χ2v) is 4.39. The van der Waals surface area contributed by atoms with Gasteiger partial charge in [0.2, 0.25) is 0 Å². The molecule has 0 spiro atoms. The van der Waals surface area contributed by atoms with Crippen LogP contribution in [0.3, 0.4) is 0 Å². The number of halogens is 1. The highest BCUT2D eigenvalue weighted by atomic mass is 19.1. The number of aliphatic carboxylic acids is 1. The molecule has 0 bridgehead atoms. The predicted octanol–water partition coefficient (Wildman–Crippen LogP) is 2.07. The topological polar surface area (TPSA) is 87.7 Å². The number of hydrogen-bond acceptors (Lipinski definition) is 3. The van der Waals surface area contributed by atoms with Crippen molar-refractivity contribution in [3.63, 3.8) is 0 Å². The Morgan fingerprint density at radius 2 is 2.15 bits per heavy atom. The Balaban J connectivity index is 2.48. The van der Waals surface area contributed by atoms with E-state index in [4.69, 9.17) is 9.84 Å². The first kappa shape index (κ1) is 15.7. The summed E-state index contributed by atoms with van der Waals surface area (Å²) in [5, 5.41) is 13.6. The molecule has 2 amide bonds. The van der Waals surface area contributed by atoms with Crippen LogP contribution in [0.15, 0.2) is 18.2 Å². The van der Waals surface area contributed by atoms with Crippen molar-refractivity contribution in [2.24, 2.45) is 5.92 Å². The molecule has 3 N–H and O–H groups in total. The zero-order valence-electron chi connectivity index (χ0n) is 11.3. The SMILES string of the molecule is COc1cc(NC(=O)NCC(C)CC(=O)O)ccc1F. The molecule has 0 aliphatic rings. The van der Waals surface area contributed by atoms with Crippen molar-refractivity contribution < 1.29 is 23.8 Å². The summed E-state index contributed by atoms with van der Waals surface area (Å²) in [4.78, 5) is 22.1. The molecule has 0 saturated carbocycles. The molecule has 0 aliphatic carbocycles. The van der Waals surface area contributed by atoms with Crippen molar-refractivity contribution in [3.8, 4) is 5.75 Å². The molecule has 0 fully saturated rings. The van der Waals surface area contributed by atoms with Gasteiger partial charge in [-0.2, -0.15) is 0 Å². The number of ether oxygens (including phenoxy) is 1. The van der Waals surface area contributed by atoms with Crippen molar-refractivity contribution in [3.05, 3.63) is 24.0 Å². The van der Waals surface area contributed by atoms with Gasteiger partial charge in [0.05, 0.1) is 7.11 Å². The van der Waals surface area contributed by atoms with E-state index in [0.717, 1.165) is 0 Å². The van der Waals surface area contributed by atoms with Gasteiger partial charge in [0, 0.05) is 24.7 Å². The normalized spacial score (nSPS) is 11.6. The Bertz CT molecular complexity index is 493. The van der Waals surface area contributed by atoms with E-state index in [-0.39, 0.29) is 24.6 Å². The van der Waals surface area contributed by atoms with Crippen LogP contribution in [-0.4, -0.2) is 30.8 Å². The van der Waals surface area contributed by atoms with E-state index in [9.17, 15) is 14.0 Å². The molecule has 0 saturated heterocycles. The zero-order chi connectivity index (χ0) is 15.1. The smallest absolute Gasteiger partial charge is 0.319 e. The van der Waals surface area contributed by atoms with Crippen LogP contribution in [0.4, 0.5) is 14.9 Å². The van der Waals surface area contributed by atoms with Crippen LogP contribution in [0.2, 0.25) is 0 Å². The average Bonchev–Trinajstić information content (AvgIpc) is 2.38. The van der Waals surface area contributed by atoms with Crippen molar-refractivity contribution >= 4 is 17.7 Å². The van der Waals surface area contributed by atoms with Crippen LogP contribution in [0.5, 0.6) is 5.75 Å². The number of benzene rings is 1. The number of rotatable bonds is 6. The van der Waals surface area contributed by atoms with Crippen LogP contribution in [0.1, 0.15) is 13.3 Å². The summed E-state index contributed by atoms with van der Waals surface area (Å²) >= 11 is 0. The molecule has 1 rings (SSSR count). The fraction of sp³-hybridized carbons (Fsp3) is 0.385. The Morgan fingerprint density at radius 1 is 1.45 bits per heavy atom. The summed E-state index contributed by atoms with van der Waals surface area (Å²) in [5.74, 6) is -1.58. The first-order valence-electron chi connectivity index (χ1n) is 6.02. The molecule has 1 aromatic rings. The van der Waals surface area contributed by atoms with Crippen molar-refractivity contribution in [1.29, 1.82) is 0 Å². The highest BCUT2D eigenvalue weighted by molar-refractivity contribution is 5.89.